The molecule has 1 fully saturated rings. The van der Waals surface area contributed by atoms with Crippen molar-refractivity contribution in [3.05, 3.63) is 22.7 Å². The van der Waals surface area contributed by atoms with Gasteiger partial charge in [0.1, 0.15) is 10.5 Å². The summed E-state index contributed by atoms with van der Waals surface area (Å²) in [6.45, 7) is 0.257. The second-order valence-corrected chi connectivity index (χ2v) is 7.00. The summed E-state index contributed by atoms with van der Waals surface area (Å²) >= 11 is 5.81. The van der Waals surface area contributed by atoms with Crippen LogP contribution in [0.15, 0.2) is 17.0 Å². The van der Waals surface area contributed by atoms with Crippen LogP contribution in [0, 0.1) is 5.92 Å². The number of benzene rings is 1. The number of carboxylic acid groups (broad SMARTS) is 1. The number of hydrogen-bond acceptors (Lipinski definition) is 5. The van der Waals surface area contributed by atoms with Gasteiger partial charge in [-0.1, -0.05) is 11.6 Å². The van der Waals surface area contributed by atoms with Crippen molar-refractivity contribution in [2.45, 2.75) is 4.90 Å². The highest BCUT2D eigenvalue weighted by Gasteiger charge is 2.38. The first-order valence-electron chi connectivity index (χ1n) is 6.03. The highest BCUT2D eigenvalue weighted by molar-refractivity contribution is 7.89. The maximum Gasteiger partial charge on any atom is 0.339 e. The summed E-state index contributed by atoms with van der Waals surface area (Å²) in [6, 6.07) is 2.29. The van der Waals surface area contributed by atoms with Gasteiger partial charge < -0.3 is 14.9 Å². The van der Waals surface area contributed by atoms with Crippen LogP contribution in [-0.2, 0) is 10.0 Å². The number of sulfonamides is 1. The van der Waals surface area contributed by atoms with E-state index < -0.39 is 16.0 Å². The Bertz CT molecular complexity index is 669. The van der Waals surface area contributed by atoms with Crippen LogP contribution >= 0.6 is 11.6 Å². The summed E-state index contributed by atoms with van der Waals surface area (Å²) < 4.78 is 31.1. The molecular weight excluding hydrogens is 322 g/mol. The first kappa shape index (κ1) is 16.0. The van der Waals surface area contributed by atoms with Crippen LogP contribution in [0.4, 0.5) is 0 Å². The lowest BCUT2D eigenvalue weighted by Crippen LogP contribution is -2.51. The van der Waals surface area contributed by atoms with Gasteiger partial charge in [-0.3, -0.25) is 0 Å². The third-order valence-electron chi connectivity index (χ3n) is 3.25. The summed E-state index contributed by atoms with van der Waals surface area (Å²) in [7, 11) is -2.72. The zero-order chi connectivity index (χ0) is 15.8. The maximum absolute atomic E-state index is 12.5. The third kappa shape index (κ3) is 2.84. The molecule has 2 rings (SSSR count). The molecule has 9 heteroatoms. The van der Waals surface area contributed by atoms with Crippen molar-refractivity contribution in [3.8, 4) is 5.75 Å². The van der Waals surface area contributed by atoms with E-state index in [0.717, 1.165) is 16.4 Å². The van der Waals surface area contributed by atoms with E-state index in [4.69, 9.17) is 26.6 Å². The average Bonchev–Trinajstić information content (AvgIpc) is 2.36. The van der Waals surface area contributed by atoms with E-state index in [9.17, 15) is 13.2 Å². The highest BCUT2D eigenvalue weighted by Crippen LogP contribution is 2.35. The zero-order valence-corrected chi connectivity index (χ0v) is 12.7. The largest absolute Gasteiger partial charge is 0.494 e. The summed E-state index contributed by atoms with van der Waals surface area (Å²) in [5.41, 5.74) is -0.317. The minimum atomic E-state index is -3.92. The number of halogens is 1. The van der Waals surface area contributed by atoms with Crippen molar-refractivity contribution >= 4 is 27.6 Å². The fraction of sp³-hybridized carbons (Fsp3) is 0.417. The smallest absolute Gasteiger partial charge is 0.339 e. The Morgan fingerprint density at radius 1 is 1.48 bits per heavy atom. The SMILES string of the molecule is COc1c(C(=O)O)cc(Cl)cc1S(=O)(=O)N1CC(CO)C1. The van der Waals surface area contributed by atoms with Gasteiger partial charge in [-0.15, -0.1) is 0 Å². The first-order chi connectivity index (χ1) is 9.81. The minimum absolute atomic E-state index is 0.00833. The normalized spacial score (nSPS) is 16.5. The Balaban J connectivity index is 2.50. The Morgan fingerprint density at radius 2 is 2.10 bits per heavy atom. The van der Waals surface area contributed by atoms with Gasteiger partial charge in [0.05, 0.1) is 7.11 Å². The lowest BCUT2D eigenvalue weighted by atomic mass is 10.1. The molecule has 0 aromatic heterocycles. The van der Waals surface area contributed by atoms with Crippen LogP contribution in [0.5, 0.6) is 5.75 Å². The zero-order valence-electron chi connectivity index (χ0n) is 11.1. The van der Waals surface area contributed by atoms with Crippen molar-refractivity contribution in [3.63, 3.8) is 0 Å². The molecule has 1 aromatic carbocycles. The molecule has 2 N–H and O–H groups in total. The van der Waals surface area contributed by atoms with Crippen molar-refractivity contribution < 1.29 is 28.2 Å². The third-order valence-corrected chi connectivity index (χ3v) is 5.31. The lowest BCUT2D eigenvalue weighted by Gasteiger charge is -2.37. The molecule has 1 heterocycles. The van der Waals surface area contributed by atoms with Crippen molar-refractivity contribution in [2.24, 2.45) is 5.92 Å². The monoisotopic (exact) mass is 335 g/mol. The molecule has 0 saturated carbocycles. The number of nitrogens with zero attached hydrogens (tertiary/aromatic N) is 1. The Kier molecular flexibility index (Phi) is 4.43. The molecule has 0 bridgehead atoms. The average molecular weight is 336 g/mol. The van der Waals surface area contributed by atoms with Gasteiger partial charge >= 0.3 is 5.97 Å². The first-order valence-corrected chi connectivity index (χ1v) is 7.85. The molecule has 7 nitrogen and oxygen atoms in total. The number of aliphatic hydroxyl groups excluding tert-OH is 1. The summed E-state index contributed by atoms with van der Waals surface area (Å²) in [6.07, 6.45) is 0. The van der Waals surface area contributed by atoms with E-state index >= 15 is 0 Å². The van der Waals surface area contributed by atoms with Gasteiger partial charge in [0, 0.05) is 30.6 Å². The number of hydrogen-bond donors (Lipinski definition) is 2. The fourth-order valence-corrected chi connectivity index (χ4v) is 4.18. The fourth-order valence-electron chi connectivity index (χ4n) is 2.10. The van der Waals surface area contributed by atoms with Crippen LogP contribution in [0.3, 0.4) is 0 Å². The Labute approximate surface area is 126 Å². The van der Waals surface area contributed by atoms with E-state index in [1.165, 1.54) is 7.11 Å². The van der Waals surface area contributed by atoms with E-state index in [1.807, 2.05) is 0 Å². The van der Waals surface area contributed by atoms with Crippen molar-refractivity contribution in [1.29, 1.82) is 0 Å². The van der Waals surface area contributed by atoms with Crippen LogP contribution in [0.2, 0.25) is 5.02 Å². The van der Waals surface area contributed by atoms with Crippen molar-refractivity contribution in [1.82, 2.24) is 4.31 Å². The molecule has 1 aliphatic heterocycles. The molecule has 116 valence electrons. The highest BCUT2D eigenvalue weighted by atomic mass is 35.5. The predicted octanol–water partition coefficient (Wildman–Crippen LogP) is 0.660. The molecule has 0 atom stereocenters. The number of aliphatic hydroxyl groups is 1. The van der Waals surface area contributed by atoms with E-state index in [0.29, 0.717) is 0 Å². The molecular formula is C12H14ClNO6S. The van der Waals surface area contributed by atoms with Gasteiger partial charge in [0.25, 0.3) is 0 Å². The van der Waals surface area contributed by atoms with Crippen LogP contribution in [0.25, 0.3) is 0 Å². The standard InChI is InChI=1S/C12H14ClNO6S/c1-20-11-9(12(16)17)2-8(13)3-10(11)21(18,19)14-4-7(5-14)6-15/h2-3,7,15H,4-6H2,1H3,(H,16,17). The van der Waals surface area contributed by atoms with E-state index in [1.54, 1.807) is 0 Å². The molecule has 0 amide bonds. The van der Waals surface area contributed by atoms with Gasteiger partial charge in [-0.2, -0.15) is 4.31 Å². The second kappa shape index (κ2) is 5.80. The molecule has 21 heavy (non-hydrogen) atoms. The lowest BCUT2D eigenvalue weighted by molar-refractivity contribution is 0.0692. The molecule has 0 aliphatic carbocycles. The minimum Gasteiger partial charge on any atom is -0.494 e. The van der Waals surface area contributed by atoms with Crippen LogP contribution in [-0.4, -0.2) is 55.7 Å². The number of rotatable bonds is 5. The molecule has 1 aliphatic rings. The summed E-state index contributed by atoms with van der Waals surface area (Å²) in [4.78, 5) is 10.9. The second-order valence-electron chi connectivity index (χ2n) is 4.66. The predicted molar refractivity (Wildman–Crippen MR) is 74.3 cm³/mol. The molecule has 0 spiro atoms. The number of aromatic carboxylic acids is 1. The molecule has 1 aromatic rings. The van der Waals surface area contributed by atoms with E-state index in [-0.39, 0.29) is 46.8 Å². The Hall–Kier alpha value is -1.35. The summed E-state index contributed by atoms with van der Waals surface area (Å²) in [5, 5.41) is 18.1. The molecule has 1 saturated heterocycles. The Morgan fingerprint density at radius 3 is 2.57 bits per heavy atom. The van der Waals surface area contributed by atoms with Gasteiger partial charge in [0.15, 0.2) is 5.75 Å². The van der Waals surface area contributed by atoms with Gasteiger partial charge in [0.2, 0.25) is 10.0 Å². The molecule has 0 unspecified atom stereocenters. The van der Waals surface area contributed by atoms with Gasteiger partial charge in [-0.05, 0) is 12.1 Å². The molecule has 0 radical (unpaired) electrons. The van der Waals surface area contributed by atoms with Crippen molar-refractivity contribution in [2.75, 3.05) is 26.8 Å². The number of carboxylic acids is 1. The maximum atomic E-state index is 12.5. The van der Waals surface area contributed by atoms with Crippen LogP contribution < -0.4 is 4.74 Å². The quantitative estimate of drug-likeness (QED) is 0.819. The van der Waals surface area contributed by atoms with E-state index in [2.05, 4.69) is 0 Å². The van der Waals surface area contributed by atoms with Crippen LogP contribution in [0.1, 0.15) is 10.4 Å². The number of ether oxygens (including phenoxy) is 1. The van der Waals surface area contributed by atoms with Gasteiger partial charge in [-0.25, -0.2) is 13.2 Å². The number of methoxy groups -OCH3 is 1. The summed E-state index contributed by atoms with van der Waals surface area (Å²) in [5.74, 6) is -1.69. The topological polar surface area (TPSA) is 104 Å². The number of carbonyl (C=O) groups is 1.